The topological polar surface area (TPSA) is 68.4 Å². The van der Waals surface area contributed by atoms with E-state index >= 15 is 0 Å². The van der Waals surface area contributed by atoms with E-state index < -0.39 is 11.9 Å². The van der Waals surface area contributed by atoms with Gasteiger partial charge in [-0.25, -0.2) is 9.02 Å². The van der Waals surface area contributed by atoms with Crippen molar-refractivity contribution < 1.29 is 18.9 Å². The molecule has 0 spiro atoms. The number of hydrogen-bond acceptors (Lipinski definition) is 5. The summed E-state index contributed by atoms with van der Waals surface area (Å²) in [7, 11) is 0. The van der Waals surface area contributed by atoms with Gasteiger partial charge in [-0.05, 0) is 31.5 Å². The van der Waals surface area contributed by atoms with Crippen molar-refractivity contribution in [3.05, 3.63) is 41.0 Å². The Balaban J connectivity index is 2.08. The van der Waals surface area contributed by atoms with Crippen LogP contribution in [0.1, 0.15) is 30.0 Å². The summed E-state index contributed by atoms with van der Waals surface area (Å²) in [5.74, 6) is -0.427. The minimum atomic E-state index is -0.712. The molecule has 1 aromatic heterocycles. The summed E-state index contributed by atoms with van der Waals surface area (Å²) in [6, 6.07) is 4.32. The summed E-state index contributed by atoms with van der Waals surface area (Å²) in [5.41, 5.74) is 1.63. The Kier molecular flexibility index (Phi) is 3.57. The van der Waals surface area contributed by atoms with Crippen molar-refractivity contribution >= 4 is 0 Å². The number of aliphatic hydroxyl groups is 1. The van der Waals surface area contributed by atoms with Gasteiger partial charge in [0, 0.05) is 0 Å². The van der Waals surface area contributed by atoms with Crippen molar-refractivity contribution in [2.24, 2.45) is 0 Å². The molecule has 0 aliphatic carbocycles. The van der Waals surface area contributed by atoms with E-state index in [4.69, 9.17) is 4.74 Å². The van der Waals surface area contributed by atoms with Gasteiger partial charge in [-0.1, -0.05) is 16.4 Å². The Labute approximate surface area is 103 Å². The lowest BCUT2D eigenvalue weighted by atomic mass is 10.1. The predicted molar refractivity (Wildman–Crippen MR) is 60.4 cm³/mol. The van der Waals surface area contributed by atoms with Gasteiger partial charge in [0.2, 0.25) is 0 Å². The third-order valence-electron chi connectivity index (χ3n) is 2.55. The average Bonchev–Trinajstić information content (AvgIpc) is 2.73. The molecular weight excluding hydrogens is 239 g/mol. The maximum absolute atomic E-state index is 13.6. The second kappa shape index (κ2) is 5.14. The zero-order chi connectivity index (χ0) is 13.1. The van der Waals surface area contributed by atoms with Crippen LogP contribution < -0.4 is 4.74 Å². The minimum Gasteiger partial charge on any atom is -0.484 e. The molecule has 0 radical (unpaired) electrons. The highest BCUT2D eigenvalue weighted by atomic mass is 19.1. The summed E-state index contributed by atoms with van der Waals surface area (Å²) in [4.78, 5) is 0. The number of benzene rings is 1. The molecule has 6 heteroatoms. The van der Waals surface area contributed by atoms with Crippen molar-refractivity contribution in [2.75, 3.05) is 0 Å². The van der Waals surface area contributed by atoms with Crippen molar-refractivity contribution in [1.82, 2.24) is 10.3 Å². The van der Waals surface area contributed by atoms with Crippen molar-refractivity contribution in [3.8, 4) is 5.75 Å². The molecule has 2 rings (SSSR count). The van der Waals surface area contributed by atoms with Gasteiger partial charge in [0.1, 0.15) is 18.0 Å². The van der Waals surface area contributed by atoms with Gasteiger partial charge in [0.05, 0.1) is 6.10 Å². The summed E-state index contributed by atoms with van der Waals surface area (Å²) >= 11 is 0. The first-order valence-electron chi connectivity index (χ1n) is 5.46. The number of nitrogens with zero attached hydrogens (tertiary/aromatic N) is 2. The second-order valence-corrected chi connectivity index (χ2v) is 3.95. The van der Waals surface area contributed by atoms with Gasteiger partial charge < -0.3 is 9.84 Å². The number of hydrogen-bond donors (Lipinski definition) is 1. The molecule has 5 nitrogen and oxygen atoms in total. The molecule has 1 atom stereocenters. The highest BCUT2D eigenvalue weighted by Crippen LogP contribution is 2.22. The average molecular weight is 252 g/mol. The largest absolute Gasteiger partial charge is 0.484 e. The molecule has 0 amide bonds. The third-order valence-corrected chi connectivity index (χ3v) is 2.55. The monoisotopic (exact) mass is 252 g/mol. The van der Waals surface area contributed by atoms with Crippen LogP contribution in [0.3, 0.4) is 0 Å². The molecule has 0 saturated carbocycles. The Hall–Kier alpha value is -1.95. The number of halogens is 1. The van der Waals surface area contributed by atoms with E-state index in [-0.39, 0.29) is 12.4 Å². The first-order valence-corrected chi connectivity index (χ1v) is 5.46. The molecule has 0 aliphatic rings. The molecule has 0 saturated heterocycles. The molecule has 0 fully saturated rings. The molecule has 96 valence electrons. The number of aliphatic hydroxyl groups excluding tert-OH is 1. The van der Waals surface area contributed by atoms with Crippen LogP contribution in [0.15, 0.2) is 22.8 Å². The van der Waals surface area contributed by atoms with E-state index in [1.165, 1.54) is 12.1 Å². The molecule has 0 bridgehead atoms. The van der Waals surface area contributed by atoms with E-state index in [0.29, 0.717) is 17.0 Å². The fourth-order valence-corrected chi connectivity index (χ4v) is 1.42. The maximum atomic E-state index is 13.6. The zero-order valence-corrected chi connectivity index (χ0v) is 10.1. The molecule has 1 heterocycles. The zero-order valence-electron chi connectivity index (χ0n) is 10.1. The number of rotatable bonds is 4. The fourth-order valence-electron chi connectivity index (χ4n) is 1.42. The summed E-state index contributed by atoms with van der Waals surface area (Å²) in [6.07, 6.45) is -0.712. The van der Waals surface area contributed by atoms with Gasteiger partial charge in [0.25, 0.3) is 0 Å². The van der Waals surface area contributed by atoms with Gasteiger partial charge >= 0.3 is 0 Å². The van der Waals surface area contributed by atoms with Gasteiger partial charge in [-0.2, -0.15) is 0 Å². The van der Waals surface area contributed by atoms with Crippen LogP contribution >= 0.6 is 0 Å². The Morgan fingerprint density at radius 1 is 1.44 bits per heavy atom. The Morgan fingerprint density at radius 2 is 2.22 bits per heavy atom. The smallest absolute Gasteiger partial charge is 0.165 e. The molecular formula is C12H13FN2O3. The fraction of sp³-hybridized carbons (Fsp3) is 0.333. The first kappa shape index (κ1) is 12.5. The SMILES string of the molecule is Cc1nonc1COc1ccc([C@@H](C)O)cc1F. The molecule has 18 heavy (non-hydrogen) atoms. The molecule has 1 N–H and O–H groups in total. The lowest BCUT2D eigenvalue weighted by molar-refractivity contribution is 0.198. The molecule has 0 unspecified atom stereocenters. The molecule has 2 aromatic rings. The van der Waals surface area contributed by atoms with Crippen LogP contribution in [-0.4, -0.2) is 15.4 Å². The summed E-state index contributed by atoms with van der Waals surface area (Å²) in [5, 5.41) is 16.5. The standard InChI is InChI=1S/C12H13FN2O3/c1-7-11(15-18-14-7)6-17-12-4-3-9(8(2)16)5-10(12)13/h3-5,8,16H,6H2,1-2H3/t8-/m1/s1. The Bertz CT molecular complexity index is 540. The van der Waals surface area contributed by atoms with Crippen LogP contribution in [0, 0.1) is 12.7 Å². The van der Waals surface area contributed by atoms with E-state index in [1.54, 1.807) is 19.9 Å². The van der Waals surface area contributed by atoms with Crippen LogP contribution in [0.2, 0.25) is 0 Å². The van der Waals surface area contributed by atoms with Crippen molar-refractivity contribution in [3.63, 3.8) is 0 Å². The quantitative estimate of drug-likeness (QED) is 0.902. The molecule has 0 aliphatic heterocycles. The summed E-state index contributed by atoms with van der Waals surface area (Å²) < 4.78 is 23.4. The predicted octanol–water partition coefficient (Wildman–Crippen LogP) is 2.15. The van der Waals surface area contributed by atoms with E-state index in [1.807, 2.05) is 0 Å². The number of aryl methyl sites for hydroxylation is 1. The van der Waals surface area contributed by atoms with E-state index in [9.17, 15) is 9.50 Å². The second-order valence-electron chi connectivity index (χ2n) is 3.95. The van der Waals surface area contributed by atoms with Gasteiger partial charge in [-0.15, -0.1) is 0 Å². The van der Waals surface area contributed by atoms with Gasteiger partial charge in [0.15, 0.2) is 11.6 Å². The van der Waals surface area contributed by atoms with E-state index in [2.05, 4.69) is 14.9 Å². The lowest BCUT2D eigenvalue weighted by Crippen LogP contribution is -2.00. The van der Waals surface area contributed by atoms with Gasteiger partial charge in [-0.3, -0.25) is 0 Å². The number of ether oxygens (including phenoxy) is 1. The highest BCUT2D eigenvalue weighted by molar-refractivity contribution is 5.30. The first-order chi connectivity index (χ1) is 8.58. The normalized spacial score (nSPS) is 12.4. The van der Waals surface area contributed by atoms with Crippen LogP contribution in [-0.2, 0) is 6.61 Å². The van der Waals surface area contributed by atoms with Crippen LogP contribution in [0.4, 0.5) is 4.39 Å². The van der Waals surface area contributed by atoms with Crippen LogP contribution in [0.5, 0.6) is 5.75 Å². The molecule has 1 aromatic carbocycles. The number of aromatic nitrogens is 2. The third kappa shape index (κ3) is 2.65. The van der Waals surface area contributed by atoms with Crippen molar-refractivity contribution in [1.29, 1.82) is 0 Å². The van der Waals surface area contributed by atoms with Crippen LogP contribution in [0.25, 0.3) is 0 Å². The lowest BCUT2D eigenvalue weighted by Gasteiger charge is -2.09. The minimum absolute atomic E-state index is 0.0836. The Morgan fingerprint density at radius 3 is 2.78 bits per heavy atom. The van der Waals surface area contributed by atoms with E-state index in [0.717, 1.165) is 0 Å². The summed E-state index contributed by atoms with van der Waals surface area (Å²) in [6.45, 7) is 3.38. The van der Waals surface area contributed by atoms with Crippen molar-refractivity contribution in [2.45, 2.75) is 26.6 Å². The highest BCUT2D eigenvalue weighted by Gasteiger charge is 2.10. The maximum Gasteiger partial charge on any atom is 0.165 e.